The van der Waals surface area contributed by atoms with Gasteiger partial charge in [0.1, 0.15) is 70.4 Å². The lowest BCUT2D eigenvalue weighted by Gasteiger charge is -2.19. The number of hydrogen-bond donors (Lipinski definition) is 2. The van der Waals surface area contributed by atoms with Crippen molar-refractivity contribution in [3.05, 3.63) is 248 Å². The number of nitrogens with two attached hydrogens (primary N) is 1. The van der Waals surface area contributed by atoms with Crippen LogP contribution in [0.15, 0.2) is 181 Å². The van der Waals surface area contributed by atoms with Gasteiger partial charge in [-0.05, 0) is 92.0 Å². The summed E-state index contributed by atoms with van der Waals surface area (Å²) in [5.41, 5.74) is 16.3. The summed E-state index contributed by atoms with van der Waals surface area (Å²) in [6, 6.07) is 57.3. The van der Waals surface area contributed by atoms with Gasteiger partial charge in [-0.15, -0.1) is 0 Å². The number of rotatable bonds is 4. The van der Waals surface area contributed by atoms with Crippen LogP contribution in [0.2, 0.25) is 0 Å². The Balaban J connectivity index is 0.000000235. The molecule has 5 heterocycles. The number of allylic oxidation sites excluding steroid dienone is 1. The van der Waals surface area contributed by atoms with Crippen molar-refractivity contribution in [2.75, 3.05) is 12.3 Å². The van der Waals surface area contributed by atoms with E-state index in [1.807, 2.05) is 140 Å². The third-order valence-corrected chi connectivity index (χ3v) is 12.9. The molecule has 0 radical (unpaired) electrons. The van der Waals surface area contributed by atoms with Crippen LogP contribution >= 0.6 is 0 Å². The molecular formula is C71H71N13O2. The average Bonchev–Trinajstić information content (AvgIpc) is 2.46. The summed E-state index contributed by atoms with van der Waals surface area (Å²) < 4.78 is 3.01. The monoisotopic (exact) mass is 1140 g/mol. The zero-order valence-corrected chi connectivity index (χ0v) is 50.8. The number of anilines is 1. The molecule has 3 N–H and O–H groups in total. The number of fused-ring (bicyclic) bond motifs is 2. The van der Waals surface area contributed by atoms with E-state index in [-0.39, 0.29) is 56.0 Å². The Morgan fingerprint density at radius 1 is 0.558 bits per heavy atom. The number of nitrogen functional groups attached to an aromatic ring is 1. The van der Waals surface area contributed by atoms with Gasteiger partial charge in [0, 0.05) is 35.3 Å². The van der Waals surface area contributed by atoms with Crippen molar-refractivity contribution in [3.8, 4) is 52.9 Å². The fourth-order valence-corrected chi connectivity index (χ4v) is 7.90. The molecule has 86 heavy (non-hydrogen) atoms. The van der Waals surface area contributed by atoms with Crippen molar-refractivity contribution >= 4 is 29.5 Å². The first-order valence-corrected chi connectivity index (χ1v) is 27.3. The molecule has 0 aliphatic rings. The number of carbonyl (C=O) groups excluding carboxylic acids is 1. The van der Waals surface area contributed by atoms with Crippen molar-refractivity contribution < 1.29 is 4.79 Å². The van der Waals surface area contributed by atoms with Crippen molar-refractivity contribution in [2.45, 2.75) is 105 Å². The molecule has 9 aromatic rings. The van der Waals surface area contributed by atoms with Gasteiger partial charge in [0.25, 0.3) is 12.1 Å². The first-order valence-electron chi connectivity index (χ1n) is 27.3. The van der Waals surface area contributed by atoms with Crippen LogP contribution in [0.4, 0.5) is 5.82 Å². The maximum atomic E-state index is 12.5. The van der Waals surface area contributed by atoms with Crippen molar-refractivity contribution in [1.82, 2.24) is 23.8 Å². The van der Waals surface area contributed by atoms with Gasteiger partial charge in [-0.25, -0.2) is 21.5 Å². The molecule has 0 saturated carbocycles. The minimum absolute atomic E-state index is 0.0139. The largest absolute Gasteiger partial charge is 0.384 e. The Labute approximate surface area is 504 Å². The van der Waals surface area contributed by atoms with Gasteiger partial charge >= 0.3 is 0 Å². The lowest BCUT2D eigenvalue weighted by molar-refractivity contribution is 0.112. The molecule has 15 nitrogen and oxygen atoms in total. The molecule has 0 spiro atoms. The molecule has 5 aromatic heterocycles. The lowest BCUT2D eigenvalue weighted by Crippen LogP contribution is -2.19. The third-order valence-electron chi connectivity index (χ3n) is 12.9. The molecule has 0 fully saturated rings. The summed E-state index contributed by atoms with van der Waals surface area (Å²) in [6.45, 7) is 31.8. The second-order valence-electron chi connectivity index (χ2n) is 23.4. The van der Waals surface area contributed by atoms with E-state index in [2.05, 4.69) is 121 Å². The minimum atomic E-state index is -0.340. The predicted octanol–water partition coefficient (Wildman–Crippen LogP) is 14.5. The van der Waals surface area contributed by atoms with E-state index >= 15 is 0 Å². The smallest absolute Gasteiger partial charge is 0.298 e. The molecule has 0 amide bonds. The van der Waals surface area contributed by atoms with Crippen molar-refractivity contribution in [3.63, 3.8) is 0 Å². The standard InChI is InChI=1S/C19H18N4.C19H17N3O.C14H14N2.C11H14O.C5H6N2.C3H2N2/c1-19(2,3)14-9-7-13(8-10-14)17-15(12-20)18(21)23-11-5-4-6-16(23)22-17;1-19(2,3)14-9-7-13(8-10-14)17-15(12-20)18(23)22-11-5-4-6-16(22)21-17;1-14(2,3)13-6-4-11(5-7-13)8-12(9-15)10-16;1-11(2,3)10-6-4-9(8-12)5-7-10;6-5-3-1-2-4-7-5;1-5-3-2-4/h4-11,21H,1-3H3;4-11H,1-3H3;4-8H,1-3H3;4-8H,1-3H3;1-4H,(H2,6,7);3H2. The topological polar surface area (TPSA) is 255 Å². The Kier molecular flexibility index (Phi) is 24.1. The van der Waals surface area contributed by atoms with Gasteiger partial charge in [-0.1, -0.05) is 198 Å². The molecule has 0 unspecified atom stereocenters. The molecule has 0 aliphatic carbocycles. The molecule has 15 heteroatoms. The number of nitrogens with one attached hydrogen (secondary N) is 1. The van der Waals surface area contributed by atoms with E-state index in [1.165, 1.54) is 26.7 Å². The highest BCUT2D eigenvalue weighted by molar-refractivity contribution is 5.75. The summed E-state index contributed by atoms with van der Waals surface area (Å²) in [5.74, 6) is 0.572. The maximum Gasteiger partial charge on any atom is 0.298 e. The second-order valence-corrected chi connectivity index (χ2v) is 23.4. The molecule has 432 valence electrons. The summed E-state index contributed by atoms with van der Waals surface area (Å²) >= 11 is 0. The summed E-state index contributed by atoms with van der Waals surface area (Å²) in [5, 5.41) is 52.0. The number of nitrogens with zero attached hydrogens (tertiary/aromatic N) is 11. The van der Waals surface area contributed by atoms with E-state index in [4.69, 9.17) is 33.5 Å². The summed E-state index contributed by atoms with van der Waals surface area (Å²) in [4.78, 5) is 38.4. The molecule has 0 aliphatic heterocycles. The second kappa shape index (κ2) is 30.8. The van der Waals surface area contributed by atoms with Crippen LogP contribution in [0.25, 0.3) is 44.7 Å². The van der Waals surface area contributed by atoms with Gasteiger partial charge in [-0.2, -0.15) is 26.3 Å². The van der Waals surface area contributed by atoms with Crippen LogP contribution < -0.4 is 16.8 Å². The molecule has 4 aromatic carbocycles. The SMILES string of the molecule is CC(C)(C)c1ccc(-c2nc3ccccn3c(=N)c2C#N)cc1.CC(C)(C)c1ccc(-c2nc3ccccn3c(=O)c2C#N)cc1.CC(C)(C)c1ccc(C=C(C#N)C#N)cc1.CC(C)(C)c1ccc(C=O)cc1.Nc1ccccn1.[C-]#[N+]CC#N. The molecule has 0 saturated heterocycles. The Morgan fingerprint density at radius 3 is 1.29 bits per heavy atom. The first-order chi connectivity index (χ1) is 40.6. The highest BCUT2D eigenvalue weighted by Crippen LogP contribution is 2.29. The Bertz CT molecular complexity index is 3980. The van der Waals surface area contributed by atoms with Gasteiger partial charge < -0.3 is 10.6 Å². The third kappa shape index (κ3) is 19.5. The number of nitriles is 5. The van der Waals surface area contributed by atoms with Crippen molar-refractivity contribution in [2.24, 2.45) is 0 Å². The Hall–Kier alpha value is -11.1. The number of carbonyl (C=O) groups is 1. The van der Waals surface area contributed by atoms with Crippen LogP contribution in [0.3, 0.4) is 0 Å². The van der Waals surface area contributed by atoms with E-state index < -0.39 is 0 Å². The maximum absolute atomic E-state index is 12.5. The average molecular weight is 1140 g/mol. The van der Waals surface area contributed by atoms with E-state index in [0.29, 0.717) is 28.5 Å². The zero-order chi connectivity index (χ0) is 63.8. The van der Waals surface area contributed by atoms with E-state index in [0.717, 1.165) is 28.5 Å². The molecule has 0 atom stereocenters. The van der Waals surface area contributed by atoms with E-state index in [9.17, 15) is 20.1 Å². The minimum Gasteiger partial charge on any atom is -0.384 e. The highest BCUT2D eigenvalue weighted by Gasteiger charge is 2.19. The first kappa shape index (κ1) is 67.4. The van der Waals surface area contributed by atoms with E-state index in [1.54, 1.807) is 53.3 Å². The fraction of sp³-hybridized carbons (Fsp3) is 0.239. The predicted molar refractivity (Wildman–Crippen MR) is 341 cm³/mol. The molecule has 9 rings (SSSR count). The molecule has 0 bridgehead atoms. The van der Waals surface area contributed by atoms with Gasteiger partial charge in [-0.3, -0.25) is 23.8 Å². The lowest BCUT2D eigenvalue weighted by atomic mass is 9.86. The van der Waals surface area contributed by atoms with Crippen molar-refractivity contribution in [1.29, 1.82) is 31.7 Å². The van der Waals surface area contributed by atoms with Crippen LogP contribution in [-0.4, -0.2) is 36.6 Å². The van der Waals surface area contributed by atoms with Crippen LogP contribution in [-0.2, 0) is 21.7 Å². The number of hydrogen-bond acceptors (Lipinski definition) is 12. The van der Waals surface area contributed by atoms with Gasteiger partial charge in [0.2, 0.25) is 0 Å². The zero-order valence-electron chi connectivity index (χ0n) is 50.8. The number of aromatic nitrogens is 5. The van der Waals surface area contributed by atoms with Gasteiger partial charge in [0.15, 0.2) is 5.49 Å². The van der Waals surface area contributed by atoms with Gasteiger partial charge in [0.05, 0.1) is 11.4 Å². The summed E-state index contributed by atoms with van der Waals surface area (Å²) in [6.07, 6.45) is 7.49. The fourth-order valence-electron chi connectivity index (χ4n) is 7.90. The quantitative estimate of drug-likeness (QED) is 0.0725. The van der Waals surface area contributed by atoms with Crippen LogP contribution in [0.5, 0.6) is 0 Å². The summed E-state index contributed by atoms with van der Waals surface area (Å²) in [7, 11) is 0. The van der Waals surface area contributed by atoms with Crippen LogP contribution in [0, 0.1) is 68.6 Å². The Morgan fingerprint density at radius 2 is 0.953 bits per heavy atom. The highest BCUT2D eigenvalue weighted by atomic mass is 16.1. The number of aldehydes is 1. The normalized spacial score (nSPS) is 10.5. The number of pyridine rings is 3. The molecular weight excluding hydrogens is 1070 g/mol. The van der Waals surface area contributed by atoms with Crippen LogP contribution in [0.1, 0.15) is 132 Å². The number of benzene rings is 4.